The molecule has 2 amide bonds. The maximum absolute atomic E-state index is 11.5. The van der Waals surface area contributed by atoms with Gasteiger partial charge in [-0.15, -0.1) is 0 Å². The molecular weight excluding hydrogens is 260 g/mol. The number of carbonyl (C=O) groups excluding carboxylic acids is 1. The molecular formula is C13H20N4O3. The Bertz CT molecular complexity index is 445. The number of hydrogen-bond donors (Lipinski definition) is 3. The van der Waals surface area contributed by atoms with Crippen molar-refractivity contribution in [1.29, 1.82) is 0 Å². The molecule has 1 rings (SSSR count). The summed E-state index contributed by atoms with van der Waals surface area (Å²) in [5.41, 5.74) is 0.736. The van der Waals surface area contributed by atoms with Crippen LogP contribution in [-0.4, -0.2) is 54.2 Å². The van der Waals surface area contributed by atoms with Gasteiger partial charge in [-0.25, -0.2) is 14.6 Å². The molecule has 0 atom stereocenters. The first-order chi connectivity index (χ1) is 9.49. The van der Waals surface area contributed by atoms with Crippen molar-refractivity contribution in [2.75, 3.05) is 27.2 Å². The third kappa shape index (κ3) is 6.14. The van der Waals surface area contributed by atoms with E-state index in [1.54, 1.807) is 6.07 Å². The quantitative estimate of drug-likeness (QED) is 0.633. The lowest BCUT2D eigenvalue weighted by Crippen LogP contribution is -2.36. The molecule has 1 aromatic heterocycles. The molecule has 1 aromatic rings. The number of carboxylic acid groups (broad SMARTS) is 1. The maximum Gasteiger partial charge on any atom is 0.354 e. The van der Waals surface area contributed by atoms with Crippen LogP contribution in [0.1, 0.15) is 22.5 Å². The number of nitrogens with zero attached hydrogens (tertiary/aromatic N) is 2. The summed E-state index contributed by atoms with van der Waals surface area (Å²) >= 11 is 0. The van der Waals surface area contributed by atoms with Crippen molar-refractivity contribution >= 4 is 12.0 Å². The largest absolute Gasteiger partial charge is 0.477 e. The van der Waals surface area contributed by atoms with E-state index in [1.165, 1.54) is 12.3 Å². The van der Waals surface area contributed by atoms with Gasteiger partial charge in [-0.1, -0.05) is 6.07 Å². The molecule has 0 unspecified atom stereocenters. The van der Waals surface area contributed by atoms with Gasteiger partial charge in [0.2, 0.25) is 0 Å². The van der Waals surface area contributed by atoms with Gasteiger partial charge in [0.05, 0.1) is 0 Å². The molecule has 3 N–H and O–H groups in total. The molecule has 0 bridgehead atoms. The number of rotatable bonds is 7. The molecule has 0 radical (unpaired) electrons. The molecule has 0 aliphatic rings. The molecule has 1 heterocycles. The van der Waals surface area contributed by atoms with Crippen LogP contribution in [0.2, 0.25) is 0 Å². The fourth-order valence-electron chi connectivity index (χ4n) is 1.50. The van der Waals surface area contributed by atoms with Crippen LogP contribution in [0.3, 0.4) is 0 Å². The summed E-state index contributed by atoms with van der Waals surface area (Å²) < 4.78 is 0. The van der Waals surface area contributed by atoms with Crippen LogP contribution in [0.4, 0.5) is 4.79 Å². The molecule has 0 fully saturated rings. The fraction of sp³-hybridized carbons (Fsp3) is 0.462. The standard InChI is InChI=1S/C13H20N4O3/c1-17(2)7-3-6-14-13(20)16-9-10-4-5-11(12(18)19)15-8-10/h4-5,8H,3,6-7,9H2,1-2H3,(H,18,19)(H2,14,16,20). The Morgan fingerprint density at radius 2 is 2.05 bits per heavy atom. The third-order valence-electron chi connectivity index (χ3n) is 2.56. The molecule has 7 heteroatoms. The summed E-state index contributed by atoms with van der Waals surface area (Å²) in [7, 11) is 3.96. The van der Waals surface area contributed by atoms with Crippen LogP contribution in [0, 0.1) is 0 Å². The lowest BCUT2D eigenvalue weighted by molar-refractivity contribution is 0.0690. The van der Waals surface area contributed by atoms with Crippen molar-refractivity contribution < 1.29 is 14.7 Å². The second-order valence-corrected chi connectivity index (χ2v) is 4.62. The molecule has 20 heavy (non-hydrogen) atoms. The second-order valence-electron chi connectivity index (χ2n) is 4.62. The fourth-order valence-corrected chi connectivity index (χ4v) is 1.50. The van der Waals surface area contributed by atoms with E-state index < -0.39 is 5.97 Å². The van der Waals surface area contributed by atoms with E-state index in [2.05, 4.69) is 20.5 Å². The van der Waals surface area contributed by atoms with Gasteiger partial charge in [0.1, 0.15) is 5.69 Å². The van der Waals surface area contributed by atoms with E-state index in [0.717, 1.165) is 18.5 Å². The number of amides is 2. The Balaban J connectivity index is 2.25. The van der Waals surface area contributed by atoms with Crippen molar-refractivity contribution in [3.8, 4) is 0 Å². The highest BCUT2D eigenvalue weighted by Crippen LogP contribution is 1.99. The zero-order chi connectivity index (χ0) is 15.0. The summed E-state index contributed by atoms with van der Waals surface area (Å²) in [5.74, 6) is -1.07. The molecule has 0 aromatic carbocycles. The summed E-state index contributed by atoms with van der Waals surface area (Å²) in [4.78, 5) is 27.9. The lowest BCUT2D eigenvalue weighted by atomic mass is 10.2. The minimum atomic E-state index is -1.07. The van der Waals surface area contributed by atoms with Crippen molar-refractivity contribution in [1.82, 2.24) is 20.5 Å². The Hall–Kier alpha value is -2.15. The SMILES string of the molecule is CN(C)CCCNC(=O)NCc1ccc(C(=O)O)nc1. The van der Waals surface area contributed by atoms with Gasteiger partial charge in [0, 0.05) is 19.3 Å². The van der Waals surface area contributed by atoms with Gasteiger partial charge >= 0.3 is 12.0 Å². The number of urea groups is 1. The van der Waals surface area contributed by atoms with E-state index in [1.807, 2.05) is 14.1 Å². The number of carboxylic acids is 1. The van der Waals surface area contributed by atoms with Gasteiger partial charge < -0.3 is 20.6 Å². The van der Waals surface area contributed by atoms with Gasteiger partial charge in [-0.05, 0) is 38.7 Å². The van der Waals surface area contributed by atoms with E-state index in [-0.39, 0.29) is 11.7 Å². The summed E-state index contributed by atoms with van der Waals surface area (Å²) in [6, 6.07) is 2.79. The van der Waals surface area contributed by atoms with Gasteiger partial charge in [0.25, 0.3) is 0 Å². The molecule has 0 aliphatic carbocycles. The minimum absolute atomic E-state index is 0.0121. The van der Waals surface area contributed by atoms with E-state index in [4.69, 9.17) is 5.11 Å². The summed E-state index contributed by atoms with van der Waals surface area (Å²) in [6.07, 6.45) is 2.32. The first-order valence-corrected chi connectivity index (χ1v) is 6.33. The van der Waals surface area contributed by atoms with Crippen LogP contribution in [0.25, 0.3) is 0 Å². The van der Waals surface area contributed by atoms with Gasteiger partial charge in [0.15, 0.2) is 0 Å². The molecule has 7 nitrogen and oxygen atoms in total. The van der Waals surface area contributed by atoms with Crippen LogP contribution in [0.15, 0.2) is 18.3 Å². The Labute approximate surface area is 118 Å². The van der Waals surface area contributed by atoms with Crippen molar-refractivity contribution in [3.05, 3.63) is 29.6 Å². The zero-order valence-electron chi connectivity index (χ0n) is 11.7. The average Bonchev–Trinajstić information content (AvgIpc) is 2.41. The predicted molar refractivity (Wildman–Crippen MR) is 74.6 cm³/mol. The number of aromatic nitrogens is 1. The zero-order valence-corrected chi connectivity index (χ0v) is 11.7. The van der Waals surface area contributed by atoms with E-state index >= 15 is 0 Å². The van der Waals surface area contributed by atoms with E-state index in [9.17, 15) is 9.59 Å². The van der Waals surface area contributed by atoms with Gasteiger partial charge in [-0.3, -0.25) is 0 Å². The average molecular weight is 280 g/mol. The summed E-state index contributed by atoms with van der Waals surface area (Å²) in [6.45, 7) is 1.84. The monoisotopic (exact) mass is 280 g/mol. The molecule has 110 valence electrons. The third-order valence-corrected chi connectivity index (χ3v) is 2.56. The molecule has 0 saturated heterocycles. The number of nitrogens with one attached hydrogen (secondary N) is 2. The number of pyridine rings is 1. The van der Waals surface area contributed by atoms with Crippen LogP contribution >= 0.6 is 0 Å². The van der Waals surface area contributed by atoms with Crippen LogP contribution in [-0.2, 0) is 6.54 Å². The predicted octanol–water partition coefficient (Wildman–Crippen LogP) is 0.531. The highest BCUT2D eigenvalue weighted by atomic mass is 16.4. The number of hydrogen-bond acceptors (Lipinski definition) is 4. The van der Waals surface area contributed by atoms with Crippen LogP contribution in [0.5, 0.6) is 0 Å². The lowest BCUT2D eigenvalue weighted by Gasteiger charge is -2.10. The van der Waals surface area contributed by atoms with Crippen molar-refractivity contribution in [2.45, 2.75) is 13.0 Å². The maximum atomic E-state index is 11.5. The van der Waals surface area contributed by atoms with Crippen molar-refractivity contribution in [3.63, 3.8) is 0 Å². The molecule has 0 saturated carbocycles. The summed E-state index contributed by atoms with van der Waals surface area (Å²) in [5, 5.41) is 14.1. The van der Waals surface area contributed by atoms with Crippen molar-refractivity contribution in [2.24, 2.45) is 0 Å². The highest BCUT2D eigenvalue weighted by Gasteiger charge is 2.04. The minimum Gasteiger partial charge on any atom is -0.477 e. The molecule has 0 aliphatic heterocycles. The normalized spacial score (nSPS) is 10.3. The Kier molecular flexibility index (Phi) is 6.45. The van der Waals surface area contributed by atoms with Crippen LogP contribution < -0.4 is 10.6 Å². The number of carbonyl (C=O) groups is 2. The number of aromatic carboxylic acids is 1. The van der Waals surface area contributed by atoms with Gasteiger partial charge in [-0.2, -0.15) is 0 Å². The smallest absolute Gasteiger partial charge is 0.354 e. The highest BCUT2D eigenvalue weighted by molar-refractivity contribution is 5.85. The van der Waals surface area contributed by atoms with E-state index in [0.29, 0.717) is 13.1 Å². The first-order valence-electron chi connectivity index (χ1n) is 6.33. The second kappa shape index (κ2) is 8.11. The topological polar surface area (TPSA) is 94.6 Å². The molecule has 0 spiro atoms. The first kappa shape index (κ1) is 15.9. The Morgan fingerprint density at radius 3 is 2.60 bits per heavy atom. The Morgan fingerprint density at radius 1 is 1.30 bits per heavy atom.